The normalized spacial score (nSPS) is 15.7. The maximum Gasteiger partial charge on any atom is 0.225 e. The van der Waals surface area contributed by atoms with Crippen molar-refractivity contribution in [2.45, 2.75) is 31.7 Å². The van der Waals surface area contributed by atoms with Crippen molar-refractivity contribution in [3.8, 4) is 0 Å². The summed E-state index contributed by atoms with van der Waals surface area (Å²) in [5.41, 5.74) is 0. The second kappa shape index (κ2) is 7.35. The Bertz CT molecular complexity index is 579. The van der Waals surface area contributed by atoms with Gasteiger partial charge in [-0.25, -0.2) is 9.97 Å². The molecule has 6 heteroatoms. The van der Waals surface area contributed by atoms with E-state index in [1.165, 1.54) is 4.88 Å². The molecular weight excluding hydrogens is 296 g/mol. The smallest absolute Gasteiger partial charge is 0.225 e. The van der Waals surface area contributed by atoms with Crippen molar-refractivity contribution < 1.29 is 4.79 Å². The molecule has 0 aromatic carbocycles. The Hall–Kier alpha value is -1.95. The predicted octanol–water partition coefficient (Wildman–Crippen LogP) is 2.26. The van der Waals surface area contributed by atoms with Crippen LogP contribution in [0.15, 0.2) is 36.0 Å². The lowest BCUT2D eigenvalue weighted by atomic mass is 10.0. The molecule has 1 amide bonds. The van der Waals surface area contributed by atoms with Crippen molar-refractivity contribution in [3.63, 3.8) is 0 Å². The van der Waals surface area contributed by atoms with Gasteiger partial charge in [0.25, 0.3) is 0 Å². The molecule has 22 heavy (non-hydrogen) atoms. The number of piperidine rings is 1. The van der Waals surface area contributed by atoms with Gasteiger partial charge in [-0.3, -0.25) is 4.79 Å². The lowest BCUT2D eigenvalue weighted by molar-refractivity contribution is -0.121. The number of carbonyl (C=O) groups is 1. The standard InChI is InChI=1S/C16H20N4OS/c21-15(5-4-14-3-1-12-22-14)19-13-6-10-20(11-7-13)16-17-8-2-9-18-16/h1-3,8-9,12-13H,4-7,10-11H2,(H,19,21). The van der Waals surface area contributed by atoms with Crippen LogP contribution < -0.4 is 10.2 Å². The first-order valence-electron chi connectivity index (χ1n) is 7.65. The number of nitrogens with zero attached hydrogens (tertiary/aromatic N) is 3. The van der Waals surface area contributed by atoms with Crippen molar-refractivity contribution >= 4 is 23.2 Å². The largest absolute Gasteiger partial charge is 0.353 e. The molecule has 1 saturated heterocycles. The first-order valence-corrected chi connectivity index (χ1v) is 8.53. The first kappa shape index (κ1) is 15.0. The fourth-order valence-corrected chi connectivity index (χ4v) is 3.38. The van der Waals surface area contributed by atoms with Gasteiger partial charge in [0.05, 0.1) is 0 Å². The van der Waals surface area contributed by atoms with Gasteiger partial charge in [-0.05, 0) is 36.8 Å². The van der Waals surface area contributed by atoms with Crippen LogP contribution >= 0.6 is 11.3 Å². The topological polar surface area (TPSA) is 58.1 Å². The molecule has 1 aliphatic rings. The minimum atomic E-state index is 0.155. The van der Waals surface area contributed by atoms with Crippen molar-refractivity contribution in [2.24, 2.45) is 0 Å². The average molecular weight is 316 g/mol. The summed E-state index contributed by atoms with van der Waals surface area (Å²) in [4.78, 5) is 24.0. The van der Waals surface area contributed by atoms with E-state index in [0.717, 1.165) is 38.3 Å². The zero-order valence-electron chi connectivity index (χ0n) is 12.4. The quantitative estimate of drug-likeness (QED) is 0.919. The van der Waals surface area contributed by atoms with Crippen molar-refractivity contribution in [1.82, 2.24) is 15.3 Å². The number of aryl methyl sites for hydroxylation is 1. The number of hydrogen-bond donors (Lipinski definition) is 1. The van der Waals surface area contributed by atoms with Crippen LogP contribution in [0.25, 0.3) is 0 Å². The van der Waals surface area contributed by atoms with E-state index in [4.69, 9.17) is 0 Å². The van der Waals surface area contributed by atoms with Gasteiger partial charge >= 0.3 is 0 Å². The highest BCUT2D eigenvalue weighted by Crippen LogP contribution is 2.16. The van der Waals surface area contributed by atoms with Crippen LogP contribution in [-0.4, -0.2) is 35.0 Å². The molecule has 0 spiro atoms. The van der Waals surface area contributed by atoms with Gasteiger partial charge in [0, 0.05) is 42.8 Å². The summed E-state index contributed by atoms with van der Waals surface area (Å²) in [6.07, 6.45) is 6.83. The van der Waals surface area contributed by atoms with E-state index in [1.807, 2.05) is 12.1 Å². The fourth-order valence-electron chi connectivity index (χ4n) is 2.67. The van der Waals surface area contributed by atoms with E-state index < -0.39 is 0 Å². The van der Waals surface area contributed by atoms with E-state index in [0.29, 0.717) is 6.42 Å². The van der Waals surface area contributed by atoms with Gasteiger partial charge in [-0.1, -0.05) is 6.07 Å². The van der Waals surface area contributed by atoms with Gasteiger partial charge in [0.15, 0.2) is 0 Å². The third-order valence-electron chi connectivity index (χ3n) is 3.87. The van der Waals surface area contributed by atoms with Crippen LogP contribution in [0, 0.1) is 0 Å². The van der Waals surface area contributed by atoms with Crippen LogP contribution in [-0.2, 0) is 11.2 Å². The molecule has 5 nitrogen and oxygen atoms in total. The Morgan fingerprint density at radius 1 is 1.27 bits per heavy atom. The molecule has 0 unspecified atom stereocenters. The molecule has 0 aliphatic carbocycles. The zero-order chi connectivity index (χ0) is 15.2. The highest BCUT2D eigenvalue weighted by Gasteiger charge is 2.21. The fraction of sp³-hybridized carbons (Fsp3) is 0.438. The predicted molar refractivity (Wildman–Crippen MR) is 88.0 cm³/mol. The second-order valence-corrected chi connectivity index (χ2v) is 6.49. The van der Waals surface area contributed by atoms with Crippen LogP contribution in [0.3, 0.4) is 0 Å². The molecule has 0 atom stereocenters. The Labute approximate surface area is 134 Å². The van der Waals surface area contributed by atoms with Crippen molar-refractivity contribution in [1.29, 1.82) is 0 Å². The molecule has 2 aromatic rings. The van der Waals surface area contributed by atoms with Crippen LogP contribution in [0.4, 0.5) is 5.95 Å². The van der Waals surface area contributed by atoms with Crippen LogP contribution in [0.5, 0.6) is 0 Å². The summed E-state index contributed by atoms with van der Waals surface area (Å²) < 4.78 is 0. The Morgan fingerprint density at radius 2 is 2.05 bits per heavy atom. The molecule has 0 radical (unpaired) electrons. The van der Waals surface area contributed by atoms with E-state index in [1.54, 1.807) is 23.7 Å². The number of amides is 1. The molecule has 2 aromatic heterocycles. The van der Waals surface area contributed by atoms with Crippen LogP contribution in [0.2, 0.25) is 0 Å². The van der Waals surface area contributed by atoms with Crippen molar-refractivity contribution in [3.05, 3.63) is 40.8 Å². The molecule has 0 saturated carbocycles. The molecule has 1 N–H and O–H groups in total. The highest BCUT2D eigenvalue weighted by atomic mass is 32.1. The number of anilines is 1. The lowest BCUT2D eigenvalue weighted by Crippen LogP contribution is -2.45. The Kier molecular flexibility index (Phi) is 5.00. The molecule has 0 bridgehead atoms. The molecular formula is C16H20N4OS. The maximum atomic E-state index is 12.0. The minimum Gasteiger partial charge on any atom is -0.353 e. The van der Waals surface area contributed by atoms with Gasteiger partial charge in [0.2, 0.25) is 11.9 Å². The summed E-state index contributed by atoms with van der Waals surface area (Å²) in [6.45, 7) is 1.78. The average Bonchev–Trinajstić information content (AvgIpc) is 3.08. The molecule has 3 heterocycles. The summed E-state index contributed by atoms with van der Waals surface area (Å²) in [5, 5.41) is 5.20. The van der Waals surface area contributed by atoms with E-state index in [-0.39, 0.29) is 11.9 Å². The van der Waals surface area contributed by atoms with Gasteiger partial charge in [0.1, 0.15) is 0 Å². The molecule has 1 fully saturated rings. The molecule has 1 aliphatic heterocycles. The number of nitrogens with one attached hydrogen (secondary N) is 1. The number of hydrogen-bond acceptors (Lipinski definition) is 5. The first-order chi connectivity index (χ1) is 10.8. The Morgan fingerprint density at radius 3 is 2.73 bits per heavy atom. The monoisotopic (exact) mass is 316 g/mol. The van der Waals surface area contributed by atoms with Gasteiger partial charge in [-0.2, -0.15) is 0 Å². The summed E-state index contributed by atoms with van der Waals surface area (Å²) >= 11 is 1.71. The Balaban J connectivity index is 1.41. The van der Waals surface area contributed by atoms with E-state index in [9.17, 15) is 4.79 Å². The highest BCUT2D eigenvalue weighted by molar-refractivity contribution is 7.09. The zero-order valence-corrected chi connectivity index (χ0v) is 13.3. The lowest BCUT2D eigenvalue weighted by Gasteiger charge is -2.32. The SMILES string of the molecule is O=C(CCc1cccs1)NC1CCN(c2ncccn2)CC1. The van der Waals surface area contributed by atoms with Crippen LogP contribution in [0.1, 0.15) is 24.1 Å². The maximum absolute atomic E-state index is 12.0. The van der Waals surface area contributed by atoms with Crippen molar-refractivity contribution in [2.75, 3.05) is 18.0 Å². The van der Waals surface area contributed by atoms with E-state index in [2.05, 4.69) is 31.6 Å². The molecule has 116 valence electrons. The third kappa shape index (κ3) is 4.04. The number of rotatable bonds is 5. The summed E-state index contributed by atoms with van der Waals surface area (Å²) in [5.74, 6) is 0.938. The third-order valence-corrected chi connectivity index (χ3v) is 4.81. The number of carbonyl (C=O) groups excluding carboxylic acids is 1. The molecule has 3 rings (SSSR count). The summed E-state index contributed by atoms with van der Waals surface area (Å²) in [7, 11) is 0. The minimum absolute atomic E-state index is 0.155. The second-order valence-electron chi connectivity index (χ2n) is 5.46. The number of thiophene rings is 1. The summed E-state index contributed by atoms with van der Waals surface area (Å²) in [6, 6.07) is 6.20. The number of aromatic nitrogens is 2. The van der Waals surface area contributed by atoms with Gasteiger partial charge in [-0.15, -0.1) is 11.3 Å². The van der Waals surface area contributed by atoms with E-state index >= 15 is 0 Å². The van der Waals surface area contributed by atoms with Gasteiger partial charge < -0.3 is 10.2 Å².